The van der Waals surface area contributed by atoms with Crippen molar-refractivity contribution in [1.29, 1.82) is 0 Å². The van der Waals surface area contributed by atoms with E-state index in [-0.39, 0.29) is 16.5 Å². The summed E-state index contributed by atoms with van der Waals surface area (Å²) in [5, 5.41) is 9.09. The van der Waals surface area contributed by atoms with Gasteiger partial charge in [-0.25, -0.2) is 13.2 Å². The first-order valence-corrected chi connectivity index (χ1v) is 8.70. The molecule has 1 heterocycles. The molecule has 1 aliphatic rings. The first kappa shape index (κ1) is 16.0. The molecule has 0 radical (unpaired) electrons. The number of hydrogen-bond donors (Lipinski definition) is 1. The molecule has 1 atom stereocenters. The number of aromatic carboxylic acids is 1. The van der Waals surface area contributed by atoms with Gasteiger partial charge in [0.2, 0.25) is 10.0 Å². The summed E-state index contributed by atoms with van der Waals surface area (Å²) in [5.74, 6) is -1.11. The first-order valence-electron chi connectivity index (χ1n) is 7.26. The number of aryl methyl sites for hydroxylation is 1. The van der Waals surface area contributed by atoms with Crippen molar-refractivity contribution in [2.75, 3.05) is 6.54 Å². The number of benzene rings is 1. The fourth-order valence-electron chi connectivity index (χ4n) is 2.77. The smallest absolute Gasteiger partial charge is 0.335 e. The summed E-state index contributed by atoms with van der Waals surface area (Å²) in [6.45, 7) is 4.28. The minimum Gasteiger partial charge on any atom is -0.478 e. The Labute approximate surface area is 125 Å². The van der Waals surface area contributed by atoms with Crippen LogP contribution in [0.1, 0.15) is 49.0 Å². The van der Waals surface area contributed by atoms with Gasteiger partial charge in [0.15, 0.2) is 0 Å². The van der Waals surface area contributed by atoms with Gasteiger partial charge in [0, 0.05) is 12.6 Å². The number of piperidine rings is 1. The number of nitrogens with zero attached hydrogens (tertiary/aromatic N) is 1. The lowest BCUT2D eigenvalue weighted by molar-refractivity contribution is 0.0696. The fraction of sp³-hybridized carbons (Fsp3) is 0.533. The van der Waals surface area contributed by atoms with Crippen molar-refractivity contribution in [3.63, 3.8) is 0 Å². The highest BCUT2D eigenvalue weighted by Crippen LogP contribution is 2.28. The Hall–Kier alpha value is -1.40. The van der Waals surface area contributed by atoms with Crippen LogP contribution >= 0.6 is 0 Å². The van der Waals surface area contributed by atoms with E-state index in [1.807, 2.05) is 13.8 Å². The van der Waals surface area contributed by atoms with E-state index in [9.17, 15) is 13.2 Å². The summed E-state index contributed by atoms with van der Waals surface area (Å²) < 4.78 is 27.3. The van der Waals surface area contributed by atoms with E-state index >= 15 is 0 Å². The van der Waals surface area contributed by atoms with E-state index in [0.717, 1.165) is 19.3 Å². The largest absolute Gasteiger partial charge is 0.478 e. The molecule has 0 spiro atoms. The van der Waals surface area contributed by atoms with Crippen molar-refractivity contribution in [3.8, 4) is 0 Å². The molecule has 0 saturated carbocycles. The zero-order valence-corrected chi connectivity index (χ0v) is 13.2. The predicted molar refractivity (Wildman–Crippen MR) is 80.0 cm³/mol. The number of carboxylic acid groups (broad SMARTS) is 1. The molecule has 1 fully saturated rings. The Morgan fingerprint density at radius 1 is 1.38 bits per heavy atom. The molecule has 0 aromatic heterocycles. The van der Waals surface area contributed by atoms with Crippen molar-refractivity contribution in [2.24, 2.45) is 0 Å². The van der Waals surface area contributed by atoms with Crippen LogP contribution in [0.5, 0.6) is 0 Å². The van der Waals surface area contributed by atoms with E-state index < -0.39 is 16.0 Å². The topological polar surface area (TPSA) is 74.7 Å². The van der Waals surface area contributed by atoms with Gasteiger partial charge in [-0.05, 0) is 43.9 Å². The van der Waals surface area contributed by atoms with Gasteiger partial charge in [0.05, 0.1) is 10.5 Å². The molecule has 2 rings (SSSR count). The van der Waals surface area contributed by atoms with Crippen molar-refractivity contribution in [3.05, 3.63) is 29.3 Å². The Morgan fingerprint density at radius 2 is 2.10 bits per heavy atom. The van der Waals surface area contributed by atoms with Gasteiger partial charge in [-0.15, -0.1) is 0 Å². The highest BCUT2D eigenvalue weighted by Gasteiger charge is 2.32. The Bertz CT molecular complexity index is 639. The summed E-state index contributed by atoms with van der Waals surface area (Å²) >= 11 is 0. The van der Waals surface area contributed by atoms with E-state index in [1.165, 1.54) is 16.4 Å². The zero-order valence-electron chi connectivity index (χ0n) is 12.4. The van der Waals surface area contributed by atoms with Crippen LogP contribution in [0.3, 0.4) is 0 Å². The van der Waals surface area contributed by atoms with Gasteiger partial charge in [-0.2, -0.15) is 4.31 Å². The Kier molecular flexibility index (Phi) is 4.68. The maximum atomic E-state index is 12.9. The summed E-state index contributed by atoms with van der Waals surface area (Å²) in [5.41, 5.74) is 0.674. The van der Waals surface area contributed by atoms with Gasteiger partial charge in [0.25, 0.3) is 0 Å². The Balaban J connectivity index is 2.52. The summed E-state index contributed by atoms with van der Waals surface area (Å²) in [6, 6.07) is 4.31. The number of carboxylic acids is 1. The van der Waals surface area contributed by atoms with Crippen LogP contribution in [0.15, 0.2) is 23.1 Å². The lowest BCUT2D eigenvalue weighted by Gasteiger charge is -2.32. The van der Waals surface area contributed by atoms with E-state index in [0.29, 0.717) is 18.5 Å². The second-order valence-electron chi connectivity index (χ2n) is 5.44. The maximum absolute atomic E-state index is 12.9. The van der Waals surface area contributed by atoms with Crippen LogP contribution in [0.25, 0.3) is 0 Å². The molecule has 1 N–H and O–H groups in total. The van der Waals surface area contributed by atoms with Crippen LogP contribution < -0.4 is 0 Å². The van der Waals surface area contributed by atoms with Gasteiger partial charge >= 0.3 is 5.97 Å². The van der Waals surface area contributed by atoms with Crippen LogP contribution in [0, 0.1) is 0 Å². The van der Waals surface area contributed by atoms with E-state index in [2.05, 4.69) is 0 Å². The molecule has 0 aliphatic carbocycles. The highest BCUT2D eigenvalue weighted by atomic mass is 32.2. The molecular formula is C15H21NO4S. The minimum atomic E-state index is -3.64. The molecule has 1 unspecified atom stereocenters. The molecule has 0 bridgehead atoms. The monoisotopic (exact) mass is 311 g/mol. The molecular weight excluding hydrogens is 290 g/mol. The third kappa shape index (κ3) is 3.11. The first-order chi connectivity index (χ1) is 9.87. The standard InChI is InChI=1S/C15H21NO4S/c1-3-12-7-8-13(15(17)18)10-14(12)21(19,20)16-9-5-4-6-11(16)2/h7-8,10-11H,3-6,9H2,1-2H3,(H,17,18). The maximum Gasteiger partial charge on any atom is 0.335 e. The molecule has 6 heteroatoms. The summed E-state index contributed by atoms with van der Waals surface area (Å²) in [4.78, 5) is 11.2. The van der Waals surface area contributed by atoms with Gasteiger partial charge in [-0.3, -0.25) is 0 Å². The van der Waals surface area contributed by atoms with Crippen molar-refractivity contribution >= 4 is 16.0 Å². The summed E-state index contributed by atoms with van der Waals surface area (Å²) in [7, 11) is -3.64. The molecule has 116 valence electrons. The predicted octanol–water partition coefficient (Wildman–Crippen LogP) is 2.51. The van der Waals surface area contributed by atoms with Crippen LogP contribution in [0.4, 0.5) is 0 Å². The quantitative estimate of drug-likeness (QED) is 0.927. The van der Waals surface area contributed by atoms with Crippen LogP contribution in [0.2, 0.25) is 0 Å². The molecule has 21 heavy (non-hydrogen) atoms. The van der Waals surface area contributed by atoms with Crippen molar-refractivity contribution in [2.45, 2.75) is 50.5 Å². The average Bonchev–Trinajstić information content (AvgIpc) is 2.46. The summed E-state index contributed by atoms with van der Waals surface area (Å²) in [6.07, 6.45) is 3.28. The van der Waals surface area contributed by atoms with Crippen LogP contribution in [-0.4, -0.2) is 36.4 Å². The van der Waals surface area contributed by atoms with Gasteiger partial charge < -0.3 is 5.11 Å². The number of hydrogen-bond acceptors (Lipinski definition) is 3. The second-order valence-corrected chi connectivity index (χ2v) is 7.30. The average molecular weight is 311 g/mol. The Morgan fingerprint density at radius 3 is 2.67 bits per heavy atom. The van der Waals surface area contributed by atoms with Gasteiger partial charge in [0.1, 0.15) is 0 Å². The molecule has 1 aliphatic heterocycles. The lowest BCUT2D eigenvalue weighted by atomic mass is 10.1. The third-order valence-electron chi connectivity index (χ3n) is 4.02. The number of carbonyl (C=O) groups is 1. The SMILES string of the molecule is CCc1ccc(C(=O)O)cc1S(=O)(=O)N1CCCCC1C. The van der Waals surface area contributed by atoms with Crippen molar-refractivity contribution in [1.82, 2.24) is 4.31 Å². The van der Waals surface area contributed by atoms with Crippen LogP contribution in [-0.2, 0) is 16.4 Å². The molecule has 0 amide bonds. The number of sulfonamides is 1. The second kappa shape index (κ2) is 6.15. The number of rotatable bonds is 4. The third-order valence-corrected chi connectivity index (χ3v) is 6.12. The lowest BCUT2D eigenvalue weighted by Crippen LogP contribution is -2.42. The minimum absolute atomic E-state index is 0.00966. The van der Waals surface area contributed by atoms with E-state index in [4.69, 9.17) is 5.11 Å². The fourth-order valence-corrected chi connectivity index (χ4v) is 4.80. The van der Waals surface area contributed by atoms with Crippen molar-refractivity contribution < 1.29 is 18.3 Å². The normalized spacial score (nSPS) is 20.4. The molecule has 1 aromatic rings. The van der Waals surface area contributed by atoms with Gasteiger partial charge in [-0.1, -0.05) is 19.4 Å². The zero-order chi connectivity index (χ0) is 15.6. The molecule has 1 aromatic carbocycles. The molecule has 5 nitrogen and oxygen atoms in total. The highest BCUT2D eigenvalue weighted by molar-refractivity contribution is 7.89. The molecule has 1 saturated heterocycles. The van der Waals surface area contributed by atoms with E-state index in [1.54, 1.807) is 6.07 Å².